The molecule has 0 radical (unpaired) electrons. The Kier molecular flexibility index (Phi) is 4.48. The Morgan fingerprint density at radius 1 is 1.14 bits per heavy atom. The summed E-state index contributed by atoms with van der Waals surface area (Å²) < 4.78 is 28.3. The maximum Gasteiger partial charge on any atom is 0.161 e. The monoisotopic (exact) mass is 293 g/mol. The van der Waals surface area contributed by atoms with Crippen LogP contribution in [0.25, 0.3) is 11.0 Å². The van der Waals surface area contributed by atoms with E-state index in [-0.39, 0.29) is 0 Å². The highest BCUT2D eigenvalue weighted by molar-refractivity contribution is 5.75. The molecule has 2 aromatic rings. The molecule has 5 heteroatoms. The van der Waals surface area contributed by atoms with Crippen LogP contribution >= 0.6 is 0 Å². The van der Waals surface area contributed by atoms with Gasteiger partial charge in [-0.1, -0.05) is 19.3 Å². The molecule has 0 saturated heterocycles. The fourth-order valence-electron chi connectivity index (χ4n) is 3.09. The van der Waals surface area contributed by atoms with Gasteiger partial charge in [-0.3, -0.25) is 0 Å². The van der Waals surface area contributed by atoms with Crippen LogP contribution in [0.5, 0.6) is 0 Å². The zero-order valence-corrected chi connectivity index (χ0v) is 12.1. The Hall–Kier alpha value is -1.49. The normalized spacial score (nSPS) is 16.7. The molecule has 1 aliphatic rings. The van der Waals surface area contributed by atoms with E-state index in [0.717, 1.165) is 25.6 Å². The van der Waals surface area contributed by atoms with Crippen molar-refractivity contribution in [3.63, 3.8) is 0 Å². The highest BCUT2D eigenvalue weighted by atomic mass is 19.2. The Morgan fingerprint density at radius 3 is 2.71 bits per heavy atom. The van der Waals surface area contributed by atoms with Crippen molar-refractivity contribution in [2.45, 2.75) is 51.1 Å². The first kappa shape index (κ1) is 14.4. The first-order chi connectivity index (χ1) is 10.2. The number of nitrogens with one attached hydrogen (secondary N) is 1. The fourth-order valence-corrected chi connectivity index (χ4v) is 3.09. The molecule has 0 bridgehead atoms. The van der Waals surface area contributed by atoms with Gasteiger partial charge in [0.25, 0.3) is 0 Å². The van der Waals surface area contributed by atoms with Crippen molar-refractivity contribution in [1.82, 2.24) is 14.9 Å². The molecule has 21 heavy (non-hydrogen) atoms. The van der Waals surface area contributed by atoms with Crippen LogP contribution in [0.15, 0.2) is 18.5 Å². The Bertz CT molecular complexity index is 603. The lowest BCUT2D eigenvalue weighted by Gasteiger charge is -2.22. The third kappa shape index (κ3) is 3.40. The van der Waals surface area contributed by atoms with E-state index in [4.69, 9.17) is 0 Å². The minimum Gasteiger partial charge on any atom is -0.330 e. The van der Waals surface area contributed by atoms with Gasteiger partial charge in [-0.2, -0.15) is 0 Å². The van der Waals surface area contributed by atoms with E-state index in [2.05, 4.69) is 10.3 Å². The molecule has 1 saturated carbocycles. The molecule has 3 rings (SSSR count). The lowest BCUT2D eigenvalue weighted by Crippen LogP contribution is -2.32. The Balaban J connectivity index is 1.54. The number of benzene rings is 1. The molecule has 3 nitrogen and oxygen atoms in total. The number of halogens is 2. The summed E-state index contributed by atoms with van der Waals surface area (Å²) in [5.74, 6) is -1.66. The average Bonchev–Trinajstić information content (AvgIpc) is 2.87. The van der Waals surface area contributed by atoms with Crippen LogP contribution in [0.4, 0.5) is 8.78 Å². The highest BCUT2D eigenvalue weighted by Gasteiger charge is 2.12. The van der Waals surface area contributed by atoms with E-state index >= 15 is 0 Å². The average molecular weight is 293 g/mol. The van der Waals surface area contributed by atoms with E-state index in [1.54, 1.807) is 6.33 Å². The van der Waals surface area contributed by atoms with Gasteiger partial charge in [-0.05, 0) is 25.8 Å². The number of nitrogens with zero attached hydrogens (tertiary/aromatic N) is 2. The standard InChI is InChI=1S/C16H21F2N3/c17-13-9-15-16(10-14(13)18)21(11-20-15)8-4-7-19-12-5-2-1-3-6-12/h9-12,19H,1-8H2. The molecule has 1 aromatic carbocycles. The molecule has 0 unspecified atom stereocenters. The van der Waals surface area contributed by atoms with Gasteiger partial charge < -0.3 is 9.88 Å². The smallest absolute Gasteiger partial charge is 0.161 e. The SMILES string of the molecule is Fc1cc2ncn(CCCNC3CCCCC3)c2cc1F. The number of rotatable bonds is 5. The van der Waals surface area contributed by atoms with Crippen LogP contribution in [0.2, 0.25) is 0 Å². The van der Waals surface area contributed by atoms with Gasteiger partial charge in [0.05, 0.1) is 17.4 Å². The van der Waals surface area contributed by atoms with E-state index in [1.807, 2.05) is 4.57 Å². The molecule has 1 heterocycles. The molecule has 0 spiro atoms. The molecule has 1 aliphatic carbocycles. The Labute approximate surface area is 123 Å². The zero-order valence-electron chi connectivity index (χ0n) is 12.1. The first-order valence-corrected chi connectivity index (χ1v) is 7.77. The molecular weight excluding hydrogens is 272 g/mol. The van der Waals surface area contributed by atoms with Gasteiger partial charge in [-0.15, -0.1) is 0 Å². The van der Waals surface area contributed by atoms with Crippen molar-refractivity contribution in [2.24, 2.45) is 0 Å². The summed E-state index contributed by atoms with van der Waals surface area (Å²) in [5.41, 5.74) is 1.17. The van der Waals surface area contributed by atoms with Crippen LogP contribution in [0.3, 0.4) is 0 Å². The number of aryl methyl sites for hydroxylation is 1. The highest BCUT2D eigenvalue weighted by Crippen LogP contribution is 2.18. The minimum atomic E-state index is -0.841. The Morgan fingerprint density at radius 2 is 1.90 bits per heavy atom. The number of imidazole rings is 1. The summed E-state index contributed by atoms with van der Waals surface area (Å²) in [6.45, 7) is 1.72. The molecule has 1 N–H and O–H groups in total. The second kappa shape index (κ2) is 6.52. The van der Waals surface area contributed by atoms with Crippen LogP contribution in [-0.2, 0) is 6.54 Å². The first-order valence-electron chi connectivity index (χ1n) is 7.77. The number of hydrogen-bond acceptors (Lipinski definition) is 2. The lowest BCUT2D eigenvalue weighted by molar-refractivity contribution is 0.369. The predicted molar refractivity (Wildman–Crippen MR) is 79.1 cm³/mol. The summed E-state index contributed by atoms with van der Waals surface area (Å²) in [5, 5.41) is 3.58. The molecule has 0 atom stereocenters. The molecule has 114 valence electrons. The van der Waals surface area contributed by atoms with E-state index in [9.17, 15) is 8.78 Å². The fraction of sp³-hybridized carbons (Fsp3) is 0.562. The molecule has 0 amide bonds. The van der Waals surface area contributed by atoms with Crippen molar-refractivity contribution in [3.05, 3.63) is 30.1 Å². The van der Waals surface area contributed by atoms with E-state index in [1.165, 1.54) is 38.2 Å². The van der Waals surface area contributed by atoms with Crippen LogP contribution in [0, 0.1) is 11.6 Å². The summed E-state index contributed by atoms with van der Waals surface area (Å²) in [6.07, 6.45) is 9.19. The zero-order chi connectivity index (χ0) is 14.7. The summed E-state index contributed by atoms with van der Waals surface area (Å²) in [7, 11) is 0. The largest absolute Gasteiger partial charge is 0.330 e. The maximum atomic E-state index is 13.3. The predicted octanol–water partition coefficient (Wildman–Crippen LogP) is 3.63. The van der Waals surface area contributed by atoms with Crippen molar-refractivity contribution < 1.29 is 8.78 Å². The molecule has 1 fully saturated rings. The van der Waals surface area contributed by atoms with Crippen molar-refractivity contribution >= 4 is 11.0 Å². The number of fused-ring (bicyclic) bond motifs is 1. The second-order valence-corrected chi connectivity index (χ2v) is 5.84. The van der Waals surface area contributed by atoms with Gasteiger partial charge in [0.1, 0.15) is 0 Å². The van der Waals surface area contributed by atoms with Crippen LogP contribution < -0.4 is 5.32 Å². The van der Waals surface area contributed by atoms with E-state index in [0.29, 0.717) is 17.1 Å². The van der Waals surface area contributed by atoms with Gasteiger partial charge in [-0.25, -0.2) is 13.8 Å². The van der Waals surface area contributed by atoms with Gasteiger partial charge in [0.2, 0.25) is 0 Å². The third-order valence-corrected chi connectivity index (χ3v) is 4.28. The maximum absolute atomic E-state index is 13.3. The van der Waals surface area contributed by atoms with Gasteiger partial charge >= 0.3 is 0 Å². The summed E-state index contributed by atoms with van der Waals surface area (Å²) in [6, 6.07) is 3.04. The summed E-state index contributed by atoms with van der Waals surface area (Å²) in [4.78, 5) is 4.13. The van der Waals surface area contributed by atoms with Crippen molar-refractivity contribution in [3.8, 4) is 0 Å². The third-order valence-electron chi connectivity index (χ3n) is 4.28. The number of hydrogen-bond donors (Lipinski definition) is 1. The lowest BCUT2D eigenvalue weighted by atomic mass is 9.95. The quantitative estimate of drug-likeness (QED) is 0.853. The van der Waals surface area contributed by atoms with Crippen molar-refractivity contribution in [1.29, 1.82) is 0 Å². The van der Waals surface area contributed by atoms with Crippen molar-refractivity contribution in [2.75, 3.05) is 6.54 Å². The molecule has 0 aliphatic heterocycles. The topological polar surface area (TPSA) is 29.9 Å². The van der Waals surface area contributed by atoms with Crippen LogP contribution in [0.1, 0.15) is 38.5 Å². The van der Waals surface area contributed by atoms with Gasteiger partial charge in [0.15, 0.2) is 11.6 Å². The van der Waals surface area contributed by atoms with Crippen LogP contribution in [-0.4, -0.2) is 22.1 Å². The van der Waals surface area contributed by atoms with Gasteiger partial charge in [0, 0.05) is 24.7 Å². The number of aromatic nitrogens is 2. The molecule has 1 aromatic heterocycles. The summed E-state index contributed by atoms with van der Waals surface area (Å²) >= 11 is 0. The second-order valence-electron chi connectivity index (χ2n) is 5.84. The van der Waals surface area contributed by atoms with E-state index < -0.39 is 11.6 Å². The molecular formula is C16H21F2N3. The minimum absolute atomic E-state index is 0.508.